The number of benzene rings is 3. The summed E-state index contributed by atoms with van der Waals surface area (Å²) in [5.74, 6) is 1.15. The molecule has 8 heteroatoms. The highest BCUT2D eigenvalue weighted by Crippen LogP contribution is 2.26. The summed E-state index contributed by atoms with van der Waals surface area (Å²) in [7, 11) is 0. The Kier molecular flexibility index (Phi) is 6.00. The summed E-state index contributed by atoms with van der Waals surface area (Å²) >= 11 is 0. The molecule has 0 saturated heterocycles. The molecule has 3 aromatic carbocycles. The number of nitrogen functional groups attached to an aromatic ring is 1. The largest absolute Gasteiger partial charge is 0.457 e. The fourth-order valence-corrected chi connectivity index (χ4v) is 3.02. The van der Waals surface area contributed by atoms with E-state index in [-0.39, 0.29) is 29.9 Å². The molecule has 0 fully saturated rings. The first-order valence-electron chi connectivity index (χ1n) is 9.58. The lowest BCUT2D eigenvalue weighted by Gasteiger charge is -2.11. The lowest BCUT2D eigenvalue weighted by atomic mass is 10.1. The summed E-state index contributed by atoms with van der Waals surface area (Å²) in [6.07, 6.45) is 0. The number of nitrogens with two attached hydrogens (primary N) is 1. The molecule has 0 aliphatic carbocycles. The van der Waals surface area contributed by atoms with E-state index in [1.54, 1.807) is 6.07 Å². The minimum Gasteiger partial charge on any atom is -0.457 e. The molecule has 0 unspecified atom stereocenters. The molecule has 31 heavy (non-hydrogen) atoms. The molecule has 0 atom stereocenters. The van der Waals surface area contributed by atoms with Gasteiger partial charge in [0.25, 0.3) is 0 Å². The van der Waals surface area contributed by atoms with Gasteiger partial charge in [-0.3, -0.25) is 0 Å². The van der Waals surface area contributed by atoms with Crippen molar-refractivity contribution in [3.63, 3.8) is 0 Å². The first-order valence-corrected chi connectivity index (χ1v) is 9.58. The average molecular weight is 417 g/mol. The van der Waals surface area contributed by atoms with Gasteiger partial charge >= 0.3 is 0 Å². The summed E-state index contributed by atoms with van der Waals surface area (Å²) in [6, 6.07) is 21.5. The third-order valence-corrected chi connectivity index (χ3v) is 4.50. The number of aliphatic hydroxyl groups is 1. The van der Waals surface area contributed by atoms with Gasteiger partial charge in [0.1, 0.15) is 17.3 Å². The van der Waals surface area contributed by atoms with Crippen molar-refractivity contribution in [3.05, 3.63) is 89.7 Å². The van der Waals surface area contributed by atoms with Crippen LogP contribution >= 0.6 is 0 Å². The van der Waals surface area contributed by atoms with E-state index in [4.69, 9.17) is 10.5 Å². The van der Waals surface area contributed by atoms with Crippen molar-refractivity contribution in [3.8, 4) is 22.9 Å². The molecule has 1 aromatic heterocycles. The highest BCUT2D eigenvalue weighted by molar-refractivity contribution is 5.63. The Morgan fingerprint density at radius 1 is 0.871 bits per heavy atom. The quantitative estimate of drug-likeness (QED) is 0.415. The molecule has 7 nitrogen and oxygen atoms in total. The van der Waals surface area contributed by atoms with Crippen LogP contribution in [0.2, 0.25) is 0 Å². The molecule has 0 bridgehead atoms. The van der Waals surface area contributed by atoms with Crippen LogP contribution in [0, 0.1) is 5.82 Å². The van der Waals surface area contributed by atoms with Crippen LogP contribution in [-0.4, -0.2) is 20.1 Å². The predicted octanol–water partition coefficient (Wildman–Crippen LogP) is 4.16. The minimum atomic E-state index is -0.544. The first-order chi connectivity index (χ1) is 15.1. The van der Waals surface area contributed by atoms with Gasteiger partial charge in [-0.05, 0) is 41.5 Å². The van der Waals surface area contributed by atoms with Crippen molar-refractivity contribution in [1.82, 2.24) is 15.0 Å². The zero-order valence-electron chi connectivity index (χ0n) is 16.5. The van der Waals surface area contributed by atoms with Crippen LogP contribution in [0.3, 0.4) is 0 Å². The van der Waals surface area contributed by atoms with Crippen LogP contribution in [-0.2, 0) is 13.2 Å². The zero-order chi connectivity index (χ0) is 21.6. The summed E-state index contributed by atoms with van der Waals surface area (Å²) in [5.41, 5.74) is 7.23. The monoisotopic (exact) mass is 417 g/mol. The molecule has 4 aromatic rings. The van der Waals surface area contributed by atoms with E-state index >= 15 is 0 Å². The summed E-state index contributed by atoms with van der Waals surface area (Å²) in [4.78, 5) is 12.4. The Morgan fingerprint density at radius 2 is 1.61 bits per heavy atom. The molecule has 0 saturated carbocycles. The van der Waals surface area contributed by atoms with Gasteiger partial charge in [0.15, 0.2) is 5.82 Å². The third-order valence-electron chi connectivity index (χ3n) is 4.50. The van der Waals surface area contributed by atoms with Gasteiger partial charge in [-0.15, -0.1) is 0 Å². The Hall–Kier alpha value is -4.04. The maximum absolute atomic E-state index is 14.3. The normalized spacial score (nSPS) is 10.6. The Morgan fingerprint density at radius 3 is 2.35 bits per heavy atom. The number of ether oxygens (including phenoxy) is 1. The van der Waals surface area contributed by atoms with E-state index < -0.39 is 5.82 Å². The Bertz CT molecular complexity index is 1170. The average Bonchev–Trinajstić information content (AvgIpc) is 2.78. The molecular formula is C23H20FN5O2. The summed E-state index contributed by atoms with van der Waals surface area (Å²) in [5, 5.41) is 12.6. The van der Waals surface area contributed by atoms with Crippen molar-refractivity contribution in [2.45, 2.75) is 13.2 Å². The van der Waals surface area contributed by atoms with Gasteiger partial charge in [-0.25, -0.2) is 4.39 Å². The van der Waals surface area contributed by atoms with Gasteiger partial charge in [-0.1, -0.05) is 42.5 Å². The van der Waals surface area contributed by atoms with Crippen LogP contribution in [0.15, 0.2) is 72.8 Å². The van der Waals surface area contributed by atoms with Crippen LogP contribution in [0.25, 0.3) is 11.4 Å². The second kappa shape index (κ2) is 9.19. The van der Waals surface area contributed by atoms with Crippen molar-refractivity contribution in [1.29, 1.82) is 0 Å². The van der Waals surface area contributed by atoms with Crippen LogP contribution in [0.4, 0.5) is 16.3 Å². The molecule has 0 radical (unpaired) electrons. The maximum Gasteiger partial charge on any atom is 0.228 e. The van der Waals surface area contributed by atoms with E-state index in [9.17, 15) is 9.50 Å². The summed E-state index contributed by atoms with van der Waals surface area (Å²) in [6.45, 7) is 0.0669. The number of halogens is 1. The molecule has 1 heterocycles. The number of nitrogens with one attached hydrogen (secondary N) is 1. The van der Waals surface area contributed by atoms with Gasteiger partial charge in [0, 0.05) is 6.54 Å². The molecule has 156 valence electrons. The SMILES string of the molecule is Nc1nc(NCc2ccc(Oc3ccccc3)cc2)nc(-c2c(F)cccc2CO)n1. The van der Waals surface area contributed by atoms with E-state index in [0.29, 0.717) is 12.1 Å². The topological polar surface area (TPSA) is 106 Å². The number of rotatable bonds is 7. The predicted molar refractivity (Wildman–Crippen MR) is 116 cm³/mol. The zero-order valence-corrected chi connectivity index (χ0v) is 16.5. The molecule has 4 rings (SSSR count). The number of aliphatic hydroxyl groups excluding tert-OH is 1. The first kappa shape index (κ1) is 20.2. The number of para-hydroxylation sites is 1. The van der Waals surface area contributed by atoms with Crippen molar-refractivity contribution < 1.29 is 14.2 Å². The number of hydrogen-bond acceptors (Lipinski definition) is 7. The van der Waals surface area contributed by atoms with Gasteiger partial charge in [-0.2, -0.15) is 15.0 Å². The fraction of sp³-hybridized carbons (Fsp3) is 0.0870. The van der Waals surface area contributed by atoms with Crippen LogP contribution < -0.4 is 15.8 Å². The Labute approximate surface area is 178 Å². The van der Waals surface area contributed by atoms with Crippen molar-refractivity contribution >= 4 is 11.9 Å². The lowest BCUT2D eigenvalue weighted by Crippen LogP contribution is -2.09. The number of nitrogens with zero attached hydrogens (tertiary/aromatic N) is 3. The van der Waals surface area contributed by atoms with E-state index in [1.165, 1.54) is 12.1 Å². The fourth-order valence-electron chi connectivity index (χ4n) is 3.02. The molecule has 0 amide bonds. The highest BCUT2D eigenvalue weighted by atomic mass is 19.1. The molecule has 4 N–H and O–H groups in total. The van der Waals surface area contributed by atoms with Crippen molar-refractivity contribution in [2.75, 3.05) is 11.1 Å². The Balaban J connectivity index is 1.48. The van der Waals surface area contributed by atoms with E-state index in [1.807, 2.05) is 54.6 Å². The maximum atomic E-state index is 14.3. The van der Waals surface area contributed by atoms with Crippen molar-refractivity contribution in [2.24, 2.45) is 0 Å². The molecule has 0 aliphatic rings. The third kappa shape index (κ3) is 4.93. The minimum absolute atomic E-state index is 0.0498. The molecule has 0 aliphatic heterocycles. The highest BCUT2D eigenvalue weighted by Gasteiger charge is 2.15. The summed E-state index contributed by atoms with van der Waals surface area (Å²) < 4.78 is 20.1. The molecular weight excluding hydrogens is 397 g/mol. The molecule has 0 spiro atoms. The van der Waals surface area contributed by atoms with Gasteiger partial charge in [0.2, 0.25) is 11.9 Å². The lowest BCUT2D eigenvalue weighted by molar-refractivity contribution is 0.282. The smallest absolute Gasteiger partial charge is 0.228 e. The number of hydrogen-bond donors (Lipinski definition) is 3. The number of aromatic nitrogens is 3. The second-order valence-corrected chi connectivity index (χ2v) is 6.69. The van der Waals surface area contributed by atoms with Gasteiger partial charge < -0.3 is 20.9 Å². The van der Waals surface area contributed by atoms with E-state index in [2.05, 4.69) is 20.3 Å². The van der Waals surface area contributed by atoms with Crippen LogP contribution in [0.5, 0.6) is 11.5 Å². The van der Waals surface area contributed by atoms with Crippen LogP contribution in [0.1, 0.15) is 11.1 Å². The van der Waals surface area contributed by atoms with Gasteiger partial charge in [0.05, 0.1) is 12.2 Å². The standard InChI is InChI=1S/C23H20FN5O2/c24-19-8-4-5-16(14-30)20(19)21-27-22(25)29-23(28-21)26-13-15-9-11-18(12-10-15)31-17-6-2-1-3-7-17/h1-12,30H,13-14H2,(H3,25,26,27,28,29). The number of anilines is 2. The second-order valence-electron chi connectivity index (χ2n) is 6.69. The van der Waals surface area contributed by atoms with E-state index in [0.717, 1.165) is 17.1 Å².